The molecule has 16 heavy (non-hydrogen) atoms. The molecule has 0 heterocycles. The fourth-order valence-electron chi connectivity index (χ4n) is 1.91. The number of aliphatic carboxylic acids is 1. The van der Waals surface area contributed by atoms with Crippen LogP contribution in [0.3, 0.4) is 0 Å². The van der Waals surface area contributed by atoms with Crippen molar-refractivity contribution in [3.05, 3.63) is 0 Å². The van der Waals surface area contributed by atoms with E-state index >= 15 is 0 Å². The fourth-order valence-corrected chi connectivity index (χ4v) is 3.07. The van der Waals surface area contributed by atoms with E-state index in [1.165, 1.54) is 43.9 Å². The summed E-state index contributed by atoms with van der Waals surface area (Å²) in [7, 11) is 0. The molecule has 0 aromatic carbocycles. The Morgan fingerprint density at radius 3 is 2.50 bits per heavy atom. The van der Waals surface area contributed by atoms with Crippen molar-refractivity contribution in [1.29, 1.82) is 0 Å². The van der Waals surface area contributed by atoms with Crippen molar-refractivity contribution in [2.75, 3.05) is 11.5 Å². The van der Waals surface area contributed by atoms with Gasteiger partial charge in [-0.15, -0.1) is 0 Å². The number of nitrogens with two attached hydrogens (primary N) is 1. The van der Waals surface area contributed by atoms with E-state index in [9.17, 15) is 9.59 Å². The molecule has 1 aliphatic carbocycles. The third kappa shape index (κ3) is 4.53. The number of carbonyl (C=O) groups excluding carboxylic acids is 1. The maximum atomic E-state index is 11.3. The van der Waals surface area contributed by atoms with E-state index in [-0.39, 0.29) is 11.5 Å². The van der Waals surface area contributed by atoms with Crippen LogP contribution < -0.4 is 5.73 Å². The lowest BCUT2D eigenvalue weighted by Crippen LogP contribution is -2.39. The molecule has 92 valence electrons. The summed E-state index contributed by atoms with van der Waals surface area (Å²) in [5.41, 5.74) is 5.22. The highest BCUT2D eigenvalue weighted by Gasteiger charge is 2.21. The molecule has 1 fully saturated rings. The number of rotatable bonds is 6. The zero-order valence-electron chi connectivity index (χ0n) is 9.35. The number of Topliss-reactive ketones (excluding diaryl/α,β-unsaturated/α-hetero) is 1. The van der Waals surface area contributed by atoms with Crippen molar-refractivity contribution in [2.24, 2.45) is 11.7 Å². The van der Waals surface area contributed by atoms with Crippen LogP contribution in [-0.4, -0.2) is 34.4 Å². The number of hydrogen-bond donors (Lipinski definition) is 2. The van der Waals surface area contributed by atoms with Crippen LogP contribution in [0, 0.1) is 5.92 Å². The van der Waals surface area contributed by atoms with Crippen LogP contribution >= 0.6 is 11.8 Å². The second-order valence-electron chi connectivity index (χ2n) is 4.30. The molecule has 0 bridgehead atoms. The Balaban J connectivity index is 2.14. The lowest BCUT2D eigenvalue weighted by molar-refractivity contribution is -0.141. The van der Waals surface area contributed by atoms with Gasteiger partial charge in [0.2, 0.25) is 0 Å². The molecular weight excluding hydrogens is 226 g/mol. The molecule has 5 heteroatoms. The fraction of sp³-hybridized carbons (Fsp3) is 0.818. The summed E-state index contributed by atoms with van der Waals surface area (Å²) in [4.78, 5) is 21.7. The summed E-state index contributed by atoms with van der Waals surface area (Å²) in [6.07, 6.45) is 6.38. The SMILES string of the molecule is N[C@H](C(=O)O)C(=O)CSCC1CCCCC1. The van der Waals surface area contributed by atoms with E-state index in [4.69, 9.17) is 10.8 Å². The summed E-state index contributed by atoms with van der Waals surface area (Å²) >= 11 is 1.52. The van der Waals surface area contributed by atoms with E-state index in [2.05, 4.69) is 0 Å². The van der Waals surface area contributed by atoms with Gasteiger partial charge in [-0.05, 0) is 24.5 Å². The molecule has 0 aromatic rings. The summed E-state index contributed by atoms with van der Waals surface area (Å²) < 4.78 is 0. The lowest BCUT2D eigenvalue weighted by atomic mass is 9.91. The van der Waals surface area contributed by atoms with Gasteiger partial charge in [0.15, 0.2) is 11.8 Å². The first-order chi connectivity index (χ1) is 7.61. The van der Waals surface area contributed by atoms with Gasteiger partial charge in [-0.3, -0.25) is 9.59 Å². The third-order valence-electron chi connectivity index (χ3n) is 2.94. The lowest BCUT2D eigenvalue weighted by Gasteiger charge is -2.20. The van der Waals surface area contributed by atoms with Crippen LogP contribution in [0.25, 0.3) is 0 Å². The minimum atomic E-state index is -1.35. The van der Waals surface area contributed by atoms with Crippen molar-refractivity contribution in [2.45, 2.75) is 38.1 Å². The minimum absolute atomic E-state index is 0.226. The number of carbonyl (C=O) groups is 2. The van der Waals surface area contributed by atoms with Crippen molar-refractivity contribution in [3.63, 3.8) is 0 Å². The minimum Gasteiger partial charge on any atom is -0.480 e. The Hall–Kier alpha value is -0.550. The zero-order valence-corrected chi connectivity index (χ0v) is 10.2. The maximum Gasteiger partial charge on any atom is 0.328 e. The van der Waals surface area contributed by atoms with Crippen LogP contribution in [0.4, 0.5) is 0 Å². The van der Waals surface area contributed by atoms with Gasteiger partial charge < -0.3 is 10.8 Å². The normalized spacial score (nSPS) is 19.3. The van der Waals surface area contributed by atoms with Gasteiger partial charge in [-0.25, -0.2) is 0 Å². The van der Waals surface area contributed by atoms with Crippen LogP contribution in [0.2, 0.25) is 0 Å². The first kappa shape index (κ1) is 13.5. The van der Waals surface area contributed by atoms with Gasteiger partial charge in [-0.1, -0.05) is 19.3 Å². The molecule has 3 N–H and O–H groups in total. The summed E-state index contributed by atoms with van der Waals surface area (Å²) in [5.74, 6) is 0.270. The number of ketones is 1. The Morgan fingerprint density at radius 2 is 1.94 bits per heavy atom. The number of hydrogen-bond acceptors (Lipinski definition) is 4. The highest BCUT2D eigenvalue weighted by molar-refractivity contribution is 7.99. The van der Waals surface area contributed by atoms with Crippen molar-refractivity contribution in [3.8, 4) is 0 Å². The smallest absolute Gasteiger partial charge is 0.328 e. The second-order valence-corrected chi connectivity index (χ2v) is 5.33. The van der Waals surface area contributed by atoms with E-state index in [1.807, 2.05) is 0 Å². The van der Waals surface area contributed by atoms with E-state index in [0.29, 0.717) is 5.92 Å². The Kier molecular flexibility index (Phi) is 5.84. The highest BCUT2D eigenvalue weighted by atomic mass is 32.2. The van der Waals surface area contributed by atoms with Gasteiger partial charge >= 0.3 is 5.97 Å². The quantitative estimate of drug-likeness (QED) is 0.689. The molecular formula is C11H19NO3S. The van der Waals surface area contributed by atoms with E-state index < -0.39 is 12.0 Å². The molecule has 0 radical (unpaired) electrons. The van der Waals surface area contributed by atoms with Crippen molar-refractivity contribution < 1.29 is 14.7 Å². The van der Waals surface area contributed by atoms with E-state index in [0.717, 1.165) is 5.75 Å². The second kappa shape index (κ2) is 6.91. The van der Waals surface area contributed by atoms with Gasteiger partial charge in [0.05, 0.1) is 5.75 Å². The van der Waals surface area contributed by atoms with Gasteiger partial charge in [-0.2, -0.15) is 11.8 Å². The summed E-state index contributed by atoms with van der Waals surface area (Å²) in [6.45, 7) is 0. The number of carboxylic acids is 1. The zero-order chi connectivity index (χ0) is 12.0. The average Bonchev–Trinajstić information content (AvgIpc) is 2.29. The monoisotopic (exact) mass is 245 g/mol. The molecule has 0 spiro atoms. The van der Waals surface area contributed by atoms with Crippen LogP contribution in [0.5, 0.6) is 0 Å². The first-order valence-electron chi connectivity index (χ1n) is 5.70. The average molecular weight is 245 g/mol. The van der Waals surface area contributed by atoms with Crippen molar-refractivity contribution in [1.82, 2.24) is 0 Å². The molecule has 1 atom stereocenters. The molecule has 0 saturated heterocycles. The maximum absolute atomic E-state index is 11.3. The first-order valence-corrected chi connectivity index (χ1v) is 6.85. The molecule has 4 nitrogen and oxygen atoms in total. The summed E-state index contributed by atoms with van der Waals surface area (Å²) in [6, 6.07) is -1.35. The Bertz CT molecular complexity index is 252. The Morgan fingerprint density at radius 1 is 1.31 bits per heavy atom. The topological polar surface area (TPSA) is 80.4 Å². The van der Waals surface area contributed by atoms with E-state index in [1.54, 1.807) is 0 Å². The Labute approximate surface area is 100.0 Å². The third-order valence-corrected chi connectivity index (χ3v) is 4.13. The molecule has 1 rings (SSSR count). The molecule has 1 saturated carbocycles. The van der Waals surface area contributed by atoms with Crippen LogP contribution in [0.15, 0.2) is 0 Å². The predicted octanol–water partition coefficient (Wildman–Crippen LogP) is 1.28. The predicted molar refractivity (Wildman–Crippen MR) is 64.5 cm³/mol. The molecule has 0 aliphatic heterocycles. The molecule has 0 unspecified atom stereocenters. The van der Waals surface area contributed by atoms with Gasteiger partial charge in [0.25, 0.3) is 0 Å². The molecule has 0 amide bonds. The van der Waals surface area contributed by atoms with Crippen LogP contribution in [-0.2, 0) is 9.59 Å². The van der Waals surface area contributed by atoms with Gasteiger partial charge in [0, 0.05) is 0 Å². The van der Waals surface area contributed by atoms with Gasteiger partial charge in [0.1, 0.15) is 0 Å². The number of carboxylic acid groups (broad SMARTS) is 1. The highest BCUT2D eigenvalue weighted by Crippen LogP contribution is 2.26. The summed E-state index contributed by atoms with van der Waals surface area (Å²) in [5, 5.41) is 8.55. The molecule has 1 aliphatic rings. The van der Waals surface area contributed by atoms with Crippen LogP contribution in [0.1, 0.15) is 32.1 Å². The standard InChI is InChI=1S/C11H19NO3S/c12-10(11(14)15)9(13)7-16-6-8-4-2-1-3-5-8/h8,10H,1-7,12H2,(H,14,15)/t10-/m0/s1. The molecule has 0 aromatic heterocycles. The van der Waals surface area contributed by atoms with Crippen molar-refractivity contribution >= 4 is 23.5 Å². The largest absolute Gasteiger partial charge is 0.480 e. The number of thioether (sulfide) groups is 1.